The molecule has 0 fully saturated rings. The molecule has 0 atom stereocenters. The lowest BCUT2D eigenvalue weighted by molar-refractivity contribution is -0.111. The first-order chi connectivity index (χ1) is 11.9. The van der Waals surface area contributed by atoms with E-state index in [1.807, 2.05) is 22.8 Å². The van der Waals surface area contributed by atoms with Crippen molar-refractivity contribution in [3.8, 4) is 5.82 Å². The standard InChI is InChI=1S/C18H20N6O/c1-5-17(25)22-12-6-7-13-14(8-12)24(11-21-13)16-9-15(19-10-20-16)23-18(2,3)4/h5-11H,1H2,2-4H3,(H,22,25)(H,19,20,23). The molecule has 7 nitrogen and oxygen atoms in total. The average molecular weight is 336 g/mol. The predicted molar refractivity (Wildman–Crippen MR) is 98.9 cm³/mol. The van der Waals surface area contributed by atoms with Crippen LogP contribution in [0.5, 0.6) is 0 Å². The molecule has 0 saturated carbocycles. The van der Waals surface area contributed by atoms with Crippen molar-refractivity contribution in [3.05, 3.63) is 49.6 Å². The SMILES string of the molecule is C=CC(=O)Nc1ccc2ncn(-c3cc(NC(C)(C)C)ncn3)c2c1. The summed E-state index contributed by atoms with van der Waals surface area (Å²) in [6, 6.07) is 7.36. The van der Waals surface area contributed by atoms with Gasteiger partial charge in [0.15, 0.2) is 0 Å². The number of nitrogens with one attached hydrogen (secondary N) is 2. The van der Waals surface area contributed by atoms with Gasteiger partial charge in [0, 0.05) is 17.3 Å². The Balaban J connectivity index is 2.01. The van der Waals surface area contributed by atoms with Crippen LogP contribution < -0.4 is 10.6 Å². The Bertz CT molecular complexity index is 938. The zero-order valence-electron chi connectivity index (χ0n) is 14.4. The molecule has 3 rings (SSSR count). The van der Waals surface area contributed by atoms with E-state index in [0.29, 0.717) is 11.5 Å². The summed E-state index contributed by atoms with van der Waals surface area (Å²) in [5.41, 5.74) is 2.20. The van der Waals surface area contributed by atoms with Crippen molar-refractivity contribution in [3.63, 3.8) is 0 Å². The molecule has 3 aromatic rings. The molecule has 0 aliphatic carbocycles. The number of hydrogen-bond acceptors (Lipinski definition) is 5. The maximum Gasteiger partial charge on any atom is 0.247 e. The fourth-order valence-electron chi connectivity index (χ4n) is 2.39. The summed E-state index contributed by atoms with van der Waals surface area (Å²) in [7, 11) is 0. The minimum absolute atomic E-state index is 0.106. The minimum atomic E-state index is -0.260. The quantitative estimate of drug-likeness (QED) is 0.715. The molecule has 0 bridgehead atoms. The summed E-state index contributed by atoms with van der Waals surface area (Å²) in [6.45, 7) is 9.66. The predicted octanol–water partition coefficient (Wildman–Crippen LogP) is 3.15. The third-order valence-corrected chi connectivity index (χ3v) is 3.40. The first-order valence-electron chi connectivity index (χ1n) is 7.87. The molecule has 0 unspecified atom stereocenters. The van der Waals surface area contributed by atoms with Crippen molar-refractivity contribution < 1.29 is 4.79 Å². The number of imidazole rings is 1. The fourth-order valence-corrected chi connectivity index (χ4v) is 2.39. The van der Waals surface area contributed by atoms with Gasteiger partial charge in [-0.3, -0.25) is 9.36 Å². The molecule has 1 aromatic carbocycles. The van der Waals surface area contributed by atoms with E-state index < -0.39 is 0 Å². The van der Waals surface area contributed by atoms with Crippen LogP contribution in [0.25, 0.3) is 16.9 Å². The van der Waals surface area contributed by atoms with Crippen LogP contribution in [0.4, 0.5) is 11.5 Å². The third kappa shape index (κ3) is 3.82. The topological polar surface area (TPSA) is 84.7 Å². The highest BCUT2D eigenvalue weighted by molar-refractivity contribution is 6.00. The highest BCUT2D eigenvalue weighted by Gasteiger charge is 2.12. The lowest BCUT2D eigenvalue weighted by Crippen LogP contribution is -2.26. The van der Waals surface area contributed by atoms with Crippen LogP contribution in [-0.2, 0) is 4.79 Å². The van der Waals surface area contributed by atoms with Crippen molar-refractivity contribution in [2.24, 2.45) is 0 Å². The zero-order valence-corrected chi connectivity index (χ0v) is 14.4. The summed E-state index contributed by atoms with van der Waals surface area (Å²) < 4.78 is 1.86. The van der Waals surface area contributed by atoms with Gasteiger partial charge in [0.05, 0.1) is 11.0 Å². The van der Waals surface area contributed by atoms with Crippen LogP contribution in [0.15, 0.2) is 49.6 Å². The maximum absolute atomic E-state index is 11.5. The number of nitrogens with zero attached hydrogens (tertiary/aromatic N) is 4. The molecule has 128 valence electrons. The van der Waals surface area contributed by atoms with Crippen LogP contribution in [0, 0.1) is 0 Å². The monoisotopic (exact) mass is 336 g/mol. The number of fused-ring (bicyclic) bond motifs is 1. The lowest BCUT2D eigenvalue weighted by Gasteiger charge is -2.21. The van der Waals surface area contributed by atoms with Crippen molar-refractivity contribution in [2.75, 3.05) is 10.6 Å². The van der Waals surface area contributed by atoms with Crippen LogP contribution >= 0.6 is 0 Å². The van der Waals surface area contributed by atoms with Crippen molar-refractivity contribution in [1.29, 1.82) is 0 Å². The van der Waals surface area contributed by atoms with E-state index in [4.69, 9.17) is 0 Å². The second kappa shape index (κ2) is 6.35. The molecule has 0 aliphatic heterocycles. The summed E-state index contributed by atoms with van der Waals surface area (Å²) in [5, 5.41) is 6.08. The van der Waals surface area contributed by atoms with Gasteiger partial charge in [-0.2, -0.15) is 0 Å². The van der Waals surface area contributed by atoms with Gasteiger partial charge in [-0.25, -0.2) is 15.0 Å². The highest BCUT2D eigenvalue weighted by Crippen LogP contribution is 2.22. The molecule has 25 heavy (non-hydrogen) atoms. The molecule has 0 radical (unpaired) electrons. The third-order valence-electron chi connectivity index (χ3n) is 3.40. The molecule has 0 spiro atoms. The van der Waals surface area contributed by atoms with Crippen LogP contribution in [0.1, 0.15) is 20.8 Å². The second-order valence-electron chi connectivity index (χ2n) is 6.65. The molecule has 1 amide bonds. The van der Waals surface area contributed by atoms with E-state index in [9.17, 15) is 4.79 Å². The number of rotatable bonds is 4. The summed E-state index contributed by atoms with van der Waals surface area (Å²) in [5.74, 6) is 1.16. The molecule has 0 saturated heterocycles. The average Bonchev–Trinajstić information content (AvgIpc) is 2.96. The Morgan fingerprint density at radius 2 is 2.00 bits per heavy atom. The fraction of sp³-hybridized carbons (Fsp3) is 0.222. The van der Waals surface area contributed by atoms with Crippen LogP contribution in [-0.4, -0.2) is 31.0 Å². The summed E-state index contributed by atoms with van der Waals surface area (Å²) in [4.78, 5) is 24.5. The van der Waals surface area contributed by atoms with E-state index in [1.165, 1.54) is 12.4 Å². The van der Waals surface area contributed by atoms with Crippen molar-refractivity contribution in [2.45, 2.75) is 26.3 Å². The molecule has 2 heterocycles. The molecular formula is C18H20N6O. The number of anilines is 2. The van der Waals surface area contributed by atoms with Gasteiger partial charge in [-0.15, -0.1) is 0 Å². The van der Waals surface area contributed by atoms with Gasteiger partial charge in [-0.1, -0.05) is 6.58 Å². The smallest absolute Gasteiger partial charge is 0.247 e. The number of benzene rings is 1. The van der Waals surface area contributed by atoms with E-state index in [2.05, 4.69) is 52.9 Å². The van der Waals surface area contributed by atoms with Crippen LogP contribution in [0.3, 0.4) is 0 Å². The molecule has 7 heteroatoms. The van der Waals surface area contributed by atoms with Gasteiger partial charge in [0.2, 0.25) is 5.91 Å². The normalized spacial score (nSPS) is 11.3. The largest absolute Gasteiger partial charge is 0.365 e. The van der Waals surface area contributed by atoms with E-state index >= 15 is 0 Å². The Kier molecular flexibility index (Phi) is 4.22. The first-order valence-corrected chi connectivity index (χ1v) is 7.87. The molecule has 2 aromatic heterocycles. The zero-order chi connectivity index (χ0) is 18.0. The Morgan fingerprint density at radius 3 is 2.72 bits per heavy atom. The van der Waals surface area contributed by atoms with E-state index in [0.717, 1.165) is 16.9 Å². The van der Waals surface area contributed by atoms with Gasteiger partial charge in [-0.05, 0) is 45.0 Å². The Morgan fingerprint density at radius 1 is 1.20 bits per heavy atom. The highest BCUT2D eigenvalue weighted by atomic mass is 16.1. The van der Waals surface area contributed by atoms with Gasteiger partial charge in [0.1, 0.15) is 24.3 Å². The van der Waals surface area contributed by atoms with E-state index in [-0.39, 0.29) is 11.4 Å². The van der Waals surface area contributed by atoms with Crippen LogP contribution in [0.2, 0.25) is 0 Å². The Labute approximate surface area is 145 Å². The molecule has 2 N–H and O–H groups in total. The lowest BCUT2D eigenvalue weighted by atomic mass is 10.1. The number of amides is 1. The van der Waals surface area contributed by atoms with Gasteiger partial charge >= 0.3 is 0 Å². The second-order valence-corrected chi connectivity index (χ2v) is 6.65. The van der Waals surface area contributed by atoms with Crippen molar-refractivity contribution >= 4 is 28.4 Å². The molecule has 0 aliphatic rings. The van der Waals surface area contributed by atoms with Gasteiger partial charge < -0.3 is 10.6 Å². The number of carbonyl (C=O) groups is 1. The summed E-state index contributed by atoms with van der Waals surface area (Å²) in [6.07, 6.45) is 4.45. The Hall–Kier alpha value is -3.22. The van der Waals surface area contributed by atoms with E-state index in [1.54, 1.807) is 12.4 Å². The number of hydrogen-bond donors (Lipinski definition) is 2. The number of carbonyl (C=O) groups excluding carboxylic acids is 1. The minimum Gasteiger partial charge on any atom is -0.365 e. The summed E-state index contributed by atoms with van der Waals surface area (Å²) >= 11 is 0. The maximum atomic E-state index is 11.5. The molecular weight excluding hydrogens is 316 g/mol. The van der Waals surface area contributed by atoms with Crippen molar-refractivity contribution in [1.82, 2.24) is 19.5 Å². The number of aromatic nitrogens is 4. The van der Waals surface area contributed by atoms with Gasteiger partial charge in [0.25, 0.3) is 0 Å². The first kappa shape index (κ1) is 16.6.